The van der Waals surface area contributed by atoms with E-state index in [1.807, 2.05) is 6.08 Å². The predicted octanol–water partition coefficient (Wildman–Crippen LogP) is 3.87. The molecule has 4 aliphatic rings. The van der Waals surface area contributed by atoms with Crippen molar-refractivity contribution in [3.63, 3.8) is 0 Å². The summed E-state index contributed by atoms with van der Waals surface area (Å²) in [5.41, 5.74) is 1.41. The molecule has 1 aliphatic carbocycles. The maximum absolute atomic E-state index is 13.2. The van der Waals surface area contributed by atoms with Crippen molar-refractivity contribution >= 4 is 46.7 Å². The summed E-state index contributed by atoms with van der Waals surface area (Å²) >= 11 is 12.0. The Kier molecular flexibility index (Phi) is 6.48. The minimum absolute atomic E-state index is 0.0179. The van der Waals surface area contributed by atoms with Gasteiger partial charge in [-0.1, -0.05) is 29.3 Å². The maximum Gasteiger partial charge on any atom is 0.322 e. The number of β-amino-alcohol motifs (C(OH)–C–C–N with tert-alkyl or cyclic N) is 1. The first-order chi connectivity index (χ1) is 16.7. The van der Waals surface area contributed by atoms with Crippen molar-refractivity contribution in [2.24, 2.45) is 5.41 Å². The lowest BCUT2D eigenvalue weighted by Gasteiger charge is -2.41. The average molecular weight is 521 g/mol. The number of nitrogens with one attached hydrogen (secondary N) is 1. The SMILES string of the molecule is C[C@H]1C(=O)N2/C(=C/CC(=O)N3CCC4(CC4)[C@H](O)C3)CC[C@H]2CN1C(=O)Nc1ccc(Cl)c(Cl)c1. The van der Waals surface area contributed by atoms with Crippen molar-refractivity contribution < 1.29 is 19.5 Å². The average Bonchev–Trinajstić information content (AvgIpc) is 3.50. The molecule has 4 amide bonds. The van der Waals surface area contributed by atoms with Gasteiger partial charge in [-0.25, -0.2) is 4.79 Å². The van der Waals surface area contributed by atoms with Crippen molar-refractivity contribution in [1.82, 2.24) is 14.7 Å². The molecular weight excluding hydrogens is 491 g/mol. The van der Waals surface area contributed by atoms with Gasteiger partial charge >= 0.3 is 6.03 Å². The third-order valence-corrected chi connectivity index (χ3v) is 8.79. The number of carbonyl (C=O) groups is 3. The first-order valence-corrected chi connectivity index (χ1v) is 12.9. The van der Waals surface area contributed by atoms with E-state index < -0.39 is 12.1 Å². The first-order valence-electron chi connectivity index (χ1n) is 12.2. The molecule has 8 nitrogen and oxygen atoms in total. The van der Waals surface area contributed by atoms with Crippen LogP contribution in [0.2, 0.25) is 10.0 Å². The Hall–Kier alpha value is -2.29. The largest absolute Gasteiger partial charge is 0.391 e. The minimum Gasteiger partial charge on any atom is -0.391 e. The molecule has 3 aliphatic heterocycles. The molecule has 3 saturated heterocycles. The fourth-order valence-electron chi connectivity index (χ4n) is 5.56. The summed E-state index contributed by atoms with van der Waals surface area (Å²) in [4.78, 5) is 44.0. The van der Waals surface area contributed by atoms with E-state index in [4.69, 9.17) is 23.2 Å². The molecule has 10 heteroatoms. The molecule has 4 fully saturated rings. The molecule has 1 spiro atoms. The summed E-state index contributed by atoms with van der Waals surface area (Å²) in [5, 5.41) is 13.9. The van der Waals surface area contributed by atoms with Gasteiger partial charge in [-0.3, -0.25) is 9.59 Å². The van der Waals surface area contributed by atoms with Crippen LogP contribution in [0.4, 0.5) is 10.5 Å². The normalized spacial score (nSPS) is 28.5. The number of carbonyl (C=O) groups excluding carboxylic acids is 3. The number of halogens is 2. The van der Waals surface area contributed by atoms with E-state index in [2.05, 4.69) is 5.32 Å². The number of allylic oxidation sites excluding steroid dienone is 1. The Bertz CT molecular complexity index is 1090. The van der Waals surface area contributed by atoms with Gasteiger partial charge in [-0.05, 0) is 62.6 Å². The summed E-state index contributed by atoms with van der Waals surface area (Å²) in [5.74, 6) is -0.165. The van der Waals surface area contributed by atoms with Gasteiger partial charge in [-0.15, -0.1) is 0 Å². The Balaban J connectivity index is 1.20. The quantitative estimate of drug-likeness (QED) is 0.632. The molecule has 0 radical (unpaired) electrons. The van der Waals surface area contributed by atoms with Crippen molar-refractivity contribution in [2.45, 2.75) is 63.6 Å². The second-order valence-electron chi connectivity index (χ2n) is 10.2. The molecule has 3 atom stereocenters. The second kappa shape index (κ2) is 9.30. The van der Waals surface area contributed by atoms with Crippen molar-refractivity contribution in [2.75, 3.05) is 25.0 Å². The number of nitrogens with zero attached hydrogens (tertiary/aromatic N) is 3. The van der Waals surface area contributed by atoms with E-state index in [-0.39, 0.29) is 35.7 Å². The Morgan fingerprint density at radius 3 is 2.66 bits per heavy atom. The zero-order valence-electron chi connectivity index (χ0n) is 19.7. The summed E-state index contributed by atoms with van der Waals surface area (Å²) in [6.07, 6.45) is 6.02. The van der Waals surface area contributed by atoms with E-state index in [0.29, 0.717) is 41.8 Å². The van der Waals surface area contributed by atoms with Gasteiger partial charge in [-0.2, -0.15) is 0 Å². The van der Waals surface area contributed by atoms with Gasteiger partial charge in [0.2, 0.25) is 11.8 Å². The van der Waals surface area contributed by atoms with Crippen molar-refractivity contribution in [1.29, 1.82) is 0 Å². The molecule has 2 N–H and O–H groups in total. The van der Waals surface area contributed by atoms with Crippen LogP contribution in [0.25, 0.3) is 0 Å². The van der Waals surface area contributed by atoms with E-state index in [1.165, 1.54) is 0 Å². The van der Waals surface area contributed by atoms with Gasteiger partial charge < -0.3 is 25.1 Å². The van der Waals surface area contributed by atoms with Gasteiger partial charge in [0, 0.05) is 37.4 Å². The lowest BCUT2D eigenvalue weighted by molar-refractivity contribution is -0.139. The number of aliphatic hydroxyl groups is 1. The molecule has 188 valence electrons. The number of aliphatic hydroxyl groups excluding tert-OH is 1. The minimum atomic E-state index is -0.641. The Labute approximate surface area is 214 Å². The molecule has 35 heavy (non-hydrogen) atoms. The first kappa shape index (κ1) is 24.4. The zero-order chi connectivity index (χ0) is 24.9. The fourth-order valence-corrected chi connectivity index (χ4v) is 5.86. The molecule has 0 aromatic heterocycles. The van der Waals surface area contributed by atoms with Crippen LogP contribution < -0.4 is 5.32 Å². The third-order valence-electron chi connectivity index (χ3n) is 8.05. The topological polar surface area (TPSA) is 93.2 Å². The van der Waals surface area contributed by atoms with Gasteiger partial charge in [0.15, 0.2) is 0 Å². The summed E-state index contributed by atoms with van der Waals surface area (Å²) in [7, 11) is 0. The van der Waals surface area contributed by atoms with Crippen LogP contribution in [0.1, 0.15) is 45.4 Å². The third kappa shape index (κ3) is 4.63. The van der Waals surface area contributed by atoms with Crippen molar-refractivity contribution in [3.05, 3.63) is 40.0 Å². The maximum atomic E-state index is 13.2. The fraction of sp³-hybridized carbons (Fsp3) is 0.560. The van der Waals surface area contributed by atoms with Crippen LogP contribution in [0.15, 0.2) is 30.0 Å². The smallest absolute Gasteiger partial charge is 0.322 e. The highest BCUT2D eigenvalue weighted by atomic mass is 35.5. The number of hydrogen-bond donors (Lipinski definition) is 2. The predicted molar refractivity (Wildman–Crippen MR) is 133 cm³/mol. The monoisotopic (exact) mass is 520 g/mol. The Morgan fingerprint density at radius 1 is 1.20 bits per heavy atom. The van der Waals surface area contributed by atoms with Crippen LogP contribution >= 0.6 is 23.2 Å². The molecule has 5 rings (SSSR count). The highest BCUT2D eigenvalue weighted by Crippen LogP contribution is 2.53. The highest BCUT2D eigenvalue weighted by molar-refractivity contribution is 6.42. The van der Waals surface area contributed by atoms with Crippen LogP contribution in [-0.4, -0.2) is 75.5 Å². The highest BCUT2D eigenvalue weighted by Gasteiger charge is 2.51. The summed E-state index contributed by atoms with van der Waals surface area (Å²) < 4.78 is 0. The van der Waals surface area contributed by atoms with Gasteiger partial charge in [0.1, 0.15) is 6.04 Å². The lowest BCUT2D eigenvalue weighted by atomic mass is 9.90. The number of likely N-dealkylation sites (tertiary alicyclic amines) is 1. The van der Waals surface area contributed by atoms with Crippen molar-refractivity contribution in [3.8, 4) is 0 Å². The second-order valence-corrected chi connectivity index (χ2v) is 11.0. The number of piperazine rings is 1. The molecule has 0 unspecified atom stereocenters. The lowest BCUT2D eigenvalue weighted by Crippen LogP contribution is -2.60. The molecular formula is C25H30Cl2N4O4. The van der Waals surface area contributed by atoms with Crippen LogP contribution in [0.3, 0.4) is 0 Å². The van der Waals surface area contributed by atoms with E-state index in [1.54, 1.807) is 39.8 Å². The standard InChI is InChI=1S/C25H30Cl2N4O4/c1-15-23(34)31-17(5-7-22(33)29-11-10-25(8-9-25)21(32)14-29)3-4-18(31)13-30(15)24(35)28-16-2-6-19(26)20(27)12-16/h2,5-6,12,15,18,21,32H,3-4,7-11,13-14H2,1H3,(H,28,35)/b17-5+/t15-,18-,21+/m0/s1. The summed E-state index contributed by atoms with van der Waals surface area (Å²) in [6.45, 7) is 3.21. The number of fused-ring (bicyclic) bond motifs is 1. The Morgan fingerprint density at radius 2 is 1.97 bits per heavy atom. The number of anilines is 1. The molecule has 1 aromatic carbocycles. The van der Waals surface area contributed by atoms with Gasteiger partial charge in [0.05, 0.1) is 22.2 Å². The van der Waals surface area contributed by atoms with Crippen LogP contribution in [-0.2, 0) is 9.59 Å². The zero-order valence-corrected chi connectivity index (χ0v) is 21.2. The number of hydrogen-bond acceptors (Lipinski definition) is 4. The van der Waals surface area contributed by atoms with E-state index in [0.717, 1.165) is 31.4 Å². The molecule has 1 aromatic rings. The number of piperidine rings is 1. The van der Waals surface area contributed by atoms with E-state index >= 15 is 0 Å². The molecule has 1 saturated carbocycles. The van der Waals surface area contributed by atoms with Crippen LogP contribution in [0.5, 0.6) is 0 Å². The molecule has 3 heterocycles. The number of rotatable bonds is 3. The number of amides is 4. The molecule has 0 bridgehead atoms. The number of benzene rings is 1. The van der Waals surface area contributed by atoms with Gasteiger partial charge in [0.25, 0.3) is 0 Å². The van der Waals surface area contributed by atoms with Crippen LogP contribution in [0, 0.1) is 5.41 Å². The van der Waals surface area contributed by atoms with E-state index in [9.17, 15) is 19.5 Å². The summed E-state index contributed by atoms with van der Waals surface area (Å²) in [6, 6.07) is 3.71. The number of urea groups is 1.